The van der Waals surface area contributed by atoms with Crippen molar-refractivity contribution >= 4 is 18.3 Å². The molecule has 2 aromatic rings. The van der Waals surface area contributed by atoms with Crippen LogP contribution in [0.1, 0.15) is 30.9 Å². The molecule has 1 aliphatic rings. The summed E-state index contributed by atoms with van der Waals surface area (Å²) in [6.45, 7) is 3.30. The quantitative estimate of drug-likeness (QED) is 0.787. The van der Waals surface area contributed by atoms with Crippen LogP contribution in [-0.2, 0) is 22.9 Å². The molecule has 0 bridgehead atoms. The minimum atomic E-state index is -4.34. The second kappa shape index (κ2) is 8.96. The number of benzene rings is 1. The Kier molecular flexibility index (Phi) is 7.11. The summed E-state index contributed by atoms with van der Waals surface area (Å²) < 4.78 is 39.7. The Balaban J connectivity index is 0.00000280. The van der Waals surface area contributed by atoms with Crippen molar-refractivity contribution in [3.05, 3.63) is 53.9 Å². The van der Waals surface area contributed by atoms with Crippen molar-refractivity contribution in [1.82, 2.24) is 20.4 Å². The second-order valence-corrected chi connectivity index (χ2v) is 7.01. The molecule has 3 rings (SSSR count). The first-order valence-electron chi connectivity index (χ1n) is 8.99. The lowest BCUT2D eigenvalue weighted by Gasteiger charge is -2.37. The van der Waals surface area contributed by atoms with Crippen molar-refractivity contribution in [2.24, 2.45) is 0 Å². The van der Waals surface area contributed by atoms with E-state index in [1.807, 2.05) is 6.92 Å². The molecule has 0 radical (unpaired) electrons. The van der Waals surface area contributed by atoms with Crippen LogP contribution in [0, 0.1) is 0 Å². The van der Waals surface area contributed by atoms with Gasteiger partial charge >= 0.3 is 6.18 Å². The van der Waals surface area contributed by atoms with Gasteiger partial charge in [0.05, 0.1) is 5.56 Å². The highest BCUT2D eigenvalue weighted by molar-refractivity contribution is 5.85. The third kappa shape index (κ3) is 4.86. The molecule has 1 fully saturated rings. The molecule has 1 aliphatic heterocycles. The molecule has 1 atom stereocenters. The first kappa shape index (κ1) is 22.2. The highest BCUT2D eigenvalue weighted by Crippen LogP contribution is 2.30. The lowest BCUT2D eigenvalue weighted by Crippen LogP contribution is -2.56. The monoisotopic (exact) mass is 416 g/mol. The molecular weight excluding hydrogens is 393 g/mol. The van der Waals surface area contributed by atoms with Gasteiger partial charge in [-0.05, 0) is 63.0 Å². The highest BCUT2D eigenvalue weighted by atomic mass is 35.5. The lowest BCUT2D eigenvalue weighted by atomic mass is 9.87. The molecule has 9 heteroatoms. The van der Waals surface area contributed by atoms with Gasteiger partial charge in [0.25, 0.3) is 0 Å². The topological polar surface area (TPSA) is 59.0 Å². The molecule has 1 aromatic heterocycles. The number of rotatable bonds is 5. The zero-order valence-corrected chi connectivity index (χ0v) is 16.3. The number of nitrogens with one attached hydrogen (secondary N) is 2. The van der Waals surface area contributed by atoms with E-state index in [0.29, 0.717) is 19.3 Å². The van der Waals surface area contributed by atoms with E-state index < -0.39 is 17.3 Å². The first-order chi connectivity index (χ1) is 12.8. The van der Waals surface area contributed by atoms with Crippen molar-refractivity contribution in [2.45, 2.75) is 43.9 Å². The molecule has 1 unspecified atom stereocenters. The van der Waals surface area contributed by atoms with Crippen molar-refractivity contribution in [3.8, 4) is 0 Å². The SMILES string of the molecule is CC(Cc1ccc(C(F)(F)F)cc1)NC(=O)C1(n2cccn2)CCNCC1.Cl. The number of amides is 1. The number of hydrogen-bond donors (Lipinski definition) is 2. The number of piperidine rings is 1. The predicted octanol–water partition coefficient (Wildman–Crippen LogP) is 3.15. The van der Waals surface area contributed by atoms with Crippen molar-refractivity contribution in [3.63, 3.8) is 0 Å². The van der Waals surface area contributed by atoms with Crippen LogP contribution in [0.2, 0.25) is 0 Å². The molecular formula is C19H24ClF3N4O. The smallest absolute Gasteiger partial charge is 0.351 e. The van der Waals surface area contributed by atoms with Gasteiger partial charge in [0.2, 0.25) is 5.91 Å². The highest BCUT2D eigenvalue weighted by Gasteiger charge is 2.42. The number of carbonyl (C=O) groups is 1. The van der Waals surface area contributed by atoms with Crippen LogP contribution >= 0.6 is 12.4 Å². The number of hydrogen-bond acceptors (Lipinski definition) is 3. The van der Waals surface area contributed by atoms with E-state index in [9.17, 15) is 18.0 Å². The second-order valence-electron chi connectivity index (χ2n) is 7.01. The lowest BCUT2D eigenvalue weighted by molar-refractivity contribution is -0.137. The van der Waals surface area contributed by atoms with Crippen LogP contribution in [0.5, 0.6) is 0 Å². The fourth-order valence-corrected chi connectivity index (χ4v) is 3.52. The molecule has 0 saturated carbocycles. The average Bonchev–Trinajstić information content (AvgIpc) is 3.17. The third-order valence-electron chi connectivity index (χ3n) is 5.00. The fraction of sp³-hybridized carbons (Fsp3) is 0.474. The van der Waals surface area contributed by atoms with Crippen LogP contribution in [-0.4, -0.2) is 34.8 Å². The van der Waals surface area contributed by atoms with E-state index in [0.717, 1.165) is 30.8 Å². The van der Waals surface area contributed by atoms with E-state index in [4.69, 9.17) is 0 Å². The Bertz CT molecular complexity index is 756. The normalized spacial score (nSPS) is 17.4. The standard InChI is InChI=1S/C19H23F3N4O.ClH/c1-14(13-15-3-5-16(6-4-15)19(20,21)22)25-17(27)18(7-10-23-11-8-18)26-12-2-9-24-26;/h2-6,9,12,14,23H,7-8,10-11,13H2,1H3,(H,25,27);1H. The summed E-state index contributed by atoms with van der Waals surface area (Å²) in [4.78, 5) is 13.1. The Morgan fingerprint density at radius 1 is 1.29 bits per heavy atom. The average molecular weight is 417 g/mol. The summed E-state index contributed by atoms with van der Waals surface area (Å²) in [6, 6.07) is 6.64. The van der Waals surface area contributed by atoms with Crippen LogP contribution < -0.4 is 10.6 Å². The molecule has 2 heterocycles. The van der Waals surface area contributed by atoms with E-state index >= 15 is 0 Å². The van der Waals surface area contributed by atoms with Gasteiger partial charge in [-0.15, -0.1) is 12.4 Å². The molecule has 5 nitrogen and oxygen atoms in total. The number of aromatic nitrogens is 2. The van der Waals surface area contributed by atoms with Crippen LogP contribution in [0.25, 0.3) is 0 Å². The van der Waals surface area contributed by atoms with Gasteiger partial charge in [0, 0.05) is 18.4 Å². The molecule has 28 heavy (non-hydrogen) atoms. The minimum Gasteiger partial charge on any atom is -0.351 e. The Morgan fingerprint density at radius 3 is 2.46 bits per heavy atom. The van der Waals surface area contributed by atoms with Gasteiger partial charge in [-0.2, -0.15) is 18.3 Å². The predicted molar refractivity (Wildman–Crippen MR) is 102 cm³/mol. The maximum Gasteiger partial charge on any atom is 0.416 e. The van der Waals surface area contributed by atoms with Crippen molar-refractivity contribution < 1.29 is 18.0 Å². The summed E-state index contributed by atoms with van der Waals surface area (Å²) in [6.07, 6.45) is 0.829. The van der Waals surface area contributed by atoms with Crippen LogP contribution in [0.4, 0.5) is 13.2 Å². The van der Waals surface area contributed by atoms with E-state index in [-0.39, 0.29) is 24.4 Å². The molecule has 2 N–H and O–H groups in total. The van der Waals surface area contributed by atoms with Crippen molar-refractivity contribution in [2.75, 3.05) is 13.1 Å². The molecule has 154 valence electrons. The number of halogens is 4. The molecule has 0 spiro atoms. The molecule has 1 saturated heterocycles. The molecule has 1 amide bonds. The van der Waals surface area contributed by atoms with Gasteiger partial charge in [-0.3, -0.25) is 9.48 Å². The molecule has 1 aromatic carbocycles. The summed E-state index contributed by atoms with van der Waals surface area (Å²) >= 11 is 0. The number of carbonyl (C=O) groups excluding carboxylic acids is 1. The van der Waals surface area contributed by atoms with Gasteiger partial charge < -0.3 is 10.6 Å². The number of nitrogens with zero attached hydrogens (tertiary/aromatic N) is 2. The zero-order valence-electron chi connectivity index (χ0n) is 15.5. The van der Waals surface area contributed by atoms with E-state index in [2.05, 4.69) is 15.7 Å². The number of alkyl halides is 3. The maximum absolute atomic E-state index is 13.1. The minimum absolute atomic E-state index is 0. The van der Waals surface area contributed by atoms with Gasteiger partial charge in [-0.1, -0.05) is 12.1 Å². The van der Waals surface area contributed by atoms with E-state index in [1.165, 1.54) is 12.1 Å². The van der Waals surface area contributed by atoms with Crippen LogP contribution in [0.15, 0.2) is 42.7 Å². The zero-order chi connectivity index (χ0) is 19.5. The summed E-state index contributed by atoms with van der Waals surface area (Å²) in [7, 11) is 0. The molecule has 0 aliphatic carbocycles. The summed E-state index contributed by atoms with van der Waals surface area (Å²) in [5.74, 6) is -0.105. The fourth-order valence-electron chi connectivity index (χ4n) is 3.52. The summed E-state index contributed by atoms with van der Waals surface area (Å²) in [5, 5.41) is 10.6. The Morgan fingerprint density at radius 2 is 1.93 bits per heavy atom. The van der Waals surface area contributed by atoms with Crippen LogP contribution in [0.3, 0.4) is 0 Å². The Labute approximate surface area is 168 Å². The largest absolute Gasteiger partial charge is 0.416 e. The van der Waals surface area contributed by atoms with E-state index in [1.54, 1.807) is 23.1 Å². The first-order valence-corrected chi connectivity index (χ1v) is 8.99. The van der Waals surface area contributed by atoms with Gasteiger partial charge in [-0.25, -0.2) is 0 Å². The third-order valence-corrected chi connectivity index (χ3v) is 5.00. The van der Waals surface area contributed by atoms with Gasteiger partial charge in [0.1, 0.15) is 5.54 Å². The Hall–Kier alpha value is -2.06. The summed E-state index contributed by atoms with van der Waals surface area (Å²) in [5.41, 5.74) is -0.659. The maximum atomic E-state index is 13.1. The van der Waals surface area contributed by atoms with Gasteiger partial charge in [0.15, 0.2) is 0 Å². The van der Waals surface area contributed by atoms with Crippen molar-refractivity contribution in [1.29, 1.82) is 0 Å².